The molecule has 1 spiro atoms. The van der Waals surface area contributed by atoms with Crippen LogP contribution in [-0.4, -0.2) is 158 Å². The van der Waals surface area contributed by atoms with Crippen molar-refractivity contribution in [3.05, 3.63) is 36.0 Å². The van der Waals surface area contributed by atoms with Gasteiger partial charge in [0.15, 0.2) is 5.96 Å². The molecule has 3 fully saturated rings. The van der Waals surface area contributed by atoms with Crippen molar-refractivity contribution in [1.29, 1.82) is 0 Å². The Labute approximate surface area is 459 Å². The van der Waals surface area contributed by atoms with E-state index < -0.39 is 144 Å². The molecular formula is C50H74N14O12S2. The molecule has 1 aromatic heterocycles. The molecule has 0 radical (unpaired) electrons. The summed E-state index contributed by atoms with van der Waals surface area (Å²) in [6.07, 6.45) is 4.35. The number of aromatic nitrogens is 1. The van der Waals surface area contributed by atoms with Crippen LogP contribution in [-0.2, 0) is 59.2 Å². The van der Waals surface area contributed by atoms with Crippen LogP contribution in [0.15, 0.2) is 35.5 Å². The molecule has 5 rings (SSSR count). The number of aromatic amines is 1. The van der Waals surface area contributed by atoms with Crippen LogP contribution in [0.3, 0.4) is 0 Å². The van der Waals surface area contributed by atoms with Crippen LogP contribution in [0, 0.1) is 5.92 Å². The second-order valence-corrected chi connectivity index (χ2v) is 22.8. The Morgan fingerprint density at radius 1 is 0.859 bits per heavy atom. The number of hydrogen-bond acceptors (Lipinski definition) is 14. The lowest BCUT2D eigenvalue weighted by Crippen LogP contribution is -2.61. The van der Waals surface area contributed by atoms with Gasteiger partial charge in [0.1, 0.15) is 42.3 Å². The Bertz CT molecular complexity index is 2550. The fourth-order valence-electron chi connectivity index (χ4n) is 9.71. The molecule has 1 saturated carbocycles. The minimum Gasteiger partial charge on any atom is -0.481 e. The number of benzene rings is 1. The van der Waals surface area contributed by atoms with Crippen LogP contribution in [0.1, 0.15) is 109 Å². The highest BCUT2D eigenvalue weighted by atomic mass is 33.1. The first-order chi connectivity index (χ1) is 37.1. The van der Waals surface area contributed by atoms with Gasteiger partial charge in [-0.15, -0.1) is 0 Å². The molecule has 17 N–H and O–H groups in total. The lowest BCUT2D eigenvalue weighted by molar-refractivity contribution is -0.142. The van der Waals surface area contributed by atoms with Gasteiger partial charge in [-0.2, -0.15) is 0 Å². The molecule has 2 aliphatic heterocycles. The van der Waals surface area contributed by atoms with Crippen molar-refractivity contribution >= 4 is 103 Å². The number of carboxylic acid groups (broad SMARTS) is 1. The number of nitrogens with two attached hydrogens (primary N) is 4. The number of primary amides is 2. The standard InChI is InChI=1S/C50H74N14O12S2/c1-3-27(2)41-47(75)60-32(15-16-40(68)69)43(71)61-34(22-37(51)65)44(72)62-35(48(76)64-20-10-14-36(64)46(74)59-31(13-9-19-55-49(53)54)42(70)57-25-38(52)66)26-77-78-50(17-7-4-8-18-50)23-39(67)58-33(45(73)63-41)21-28-24-56-30-12-6-5-11-29(28)30/h5-6,11-12,24,27,31-36,41,56H,3-4,7-10,13-23,25-26H2,1-2H3,(H2,51,65)(H2,52,66)(H,57,70)(H,58,67)(H,59,74)(H,60,75)(H,61,71)(H,62,72)(H,63,73)(H,68,69)(H4,53,54,55)/t27-,31-,32+,33+,34-,35-,36-,41-/m0/s1. The third kappa shape index (κ3) is 18.3. The van der Waals surface area contributed by atoms with E-state index in [1.165, 1.54) is 26.5 Å². The first-order valence-electron chi connectivity index (χ1n) is 26.2. The van der Waals surface area contributed by atoms with E-state index in [4.69, 9.17) is 22.9 Å². The second kappa shape index (κ2) is 29.6. The first-order valence-corrected chi connectivity index (χ1v) is 28.5. The zero-order valence-corrected chi connectivity index (χ0v) is 45.5. The summed E-state index contributed by atoms with van der Waals surface area (Å²) < 4.78 is -0.735. The van der Waals surface area contributed by atoms with E-state index in [9.17, 15) is 57.8 Å². The number of carbonyl (C=O) groups excluding carboxylic acids is 10. The number of aliphatic carboxylic acids is 1. The Balaban J connectivity index is 1.53. The third-order valence-electron chi connectivity index (χ3n) is 14.0. The molecule has 3 aliphatic rings. The minimum absolute atomic E-state index is 0.0117. The topological polar surface area (TPSA) is 428 Å². The van der Waals surface area contributed by atoms with Crippen LogP contribution >= 0.6 is 21.6 Å². The molecule has 428 valence electrons. The summed E-state index contributed by atoms with van der Waals surface area (Å²) in [5.74, 6) is -10.5. The summed E-state index contributed by atoms with van der Waals surface area (Å²) in [6.45, 7) is 3.08. The monoisotopic (exact) mass is 1130 g/mol. The van der Waals surface area contributed by atoms with E-state index in [1.54, 1.807) is 20.0 Å². The molecule has 0 unspecified atom stereocenters. The molecule has 1 aromatic carbocycles. The fourth-order valence-corrected chi connectivity index (χ4v) is 13.1. The van der Waals surface area contributed by atoms with Gasteiger partial charge in [-0.25, -0.2) is 0 Å². The van der Waals surface area contributed by atoms with Crippen molar-refractivity contribution < 1.29 is 57.8 Å². The number of H-pyrrole nitrogens is 1. The van der Waals surface area contributed by atoms with Gasteiger partial charge in [0, 0.05) is 60.0 Å². The summed E-state index contributed by atoms with van der Waals surface area (Å²) in [4.78, 5) is 159. The highest BCUT2D eigenvalue weighted by Crippen LogP contribution is 2.48. The predicted molar refractivity (Wildman–Crippen MR) is 291 cm³/mol. The molecule has 8 atom stereocenters. The van der Waals surface area contributed by atoms with Crippen molar-refractivity contribution in [2.75, 3.05) is 25.4 Å². The molecular weight excluding hydrogens is 1050 g/mol. The van der Waals surface area contributed by atoms with E-state index in [1.807, 2.05) is 24.3 Å². The lowest BCUT2D eigenvalue weighted by Gasteiger charge is -2.37. The predicted octanol–water partition coefficient (Wildman–Crippen LogP) is -1.46. The first kappa shape index (κ1) is 61.7. The summed E-state index contributed by atoms with van der Waals surface area (Å²) in [5, 5.41) is 28.9. The Morgan fingerprint density at radius 2 is 1.55 bits per heavy atom. The number of amides is 10. The Kier molecular flexibility index (Phi) is 23.4. The maximum absolute atomic E-state index is 14.9. The smallest absolute Gasteiger partial charge is 0.303 e. The van der Waals surface area contributed by atoms with E-state index in [0.717, 1.165) is 30.2 Å². The minimum atomic E-state index is -1.78. The van der Waals surface area contributed by atoms with Crippen LogP contribution in [0.4, 0.5) is 0 Å². The molecule has 2 aromatic rings. The van der Waals surface area contributed by atoms with Crippen LogP contribution in [0.2, 0.25) is 0 Å². The van der Waals surface area contributed by atoms with Crippen LogP contribution in [0.5, 0.6) is 0 Å². The quantitative estimate of drug-likeness (QED) is 0.0331. The maximum atomic E-state index is 14.9. The molecule has 2 saturated heterocycles. The van der Waals surface area contributed by atoms with Crippen molar-refractivity contribution in [2.45, 2.75) is 157 Å². The fraction of sp³-hybridized carbons (Fsp3) is 0.600. The number of para-hydroxylation sites is 1. The molecule has 0 bridgehead atoms. The van der Waals surface area contributed by atoms with E-state index >= 15 is 0 Å². The third-order valence-corrected chi connectivity index (χ3v) is 17.4. The van der Waals surface area contributed by atoms with Crippen molar-refractivity contribution in [1.82, 2.24) is 47.1 Å². The van der Waals surface area contributed by atoms with Gasteiger partial charge in [0.25, 0.3) is 0 Å². The Hall–Kier alpha value is -7.10. The molecule has 26 nitrogen and oxygen atoms in total. The highest BCUT2D eigenvalue weighted by molar-refractivity contribution is 8.77. The molecule has 78 heavy (non-hydrogen) atoms. The summed E-state index contributed by atoms with van der Waals surface area (Å²) in [5.41, 5.74) is 23.2. The zero-order valence-electron chi connectivity index (χ0n) is 43.9. The van der Waals surface area contributed by atoms with Gasteiger partial charge in [-0.1, -0.05) is 79.3 Å². The van der Waals surface area contributed by atoms with Crippen molar-refractivity contribution in [2.24, 2.45) is 33.8 Å². The number of guanidine groups is 1. The molecule has 1 aliphatic carbocycles. The number of fused-ring (bicyclic) bond motifs is 1. The van der Waals surface area contributed by atoms with Gasteiger partial charge in [-0.05, 0) is 62.5 Å². The van der Waals surface area contributed by atoms with Gasteiger partial charge in [0.2, 0.25) is 59.1 Å². The van der Waals surface area contributed by atoms with Gasteiger partial charge in [-0.3, -0.25) is 57.7 Å². The summed E-state index contributed by atoms with van der Waals surface area (Å²) in [7, 11) is 2.52. The number of likely N-dealkylation sites (tertiary alicyclic amines) is 1. The number of carboxylic acids is 1. The van der Waals surface area contributed by atoms with Crippen LogP contribution < -0.4 is 60.2 Å². The number of nitrogens with one attached hydrogen (secondary N) is 8. The van der Waals surface area contributed by atoms with E-state index in [0.29, 0.717) is 31.2 Å². The SMILES string of the molecule is CC[C@H](C)[C@@H]1NC(=O)[C@@H](Cc2c[nH]c3ccccc23)NC(=O)CC2(CCCCC2)SSC[C@@H](C(=O)N2CCC[C@H]2C(=O)N[C@@H](CCCN=C(N)N)C(=O)NCC(N)=O)NC(=O)[C@H](CC(N)=O)NC(=O)[C@@H](CCC(=O)O)NC1=O. The lowest BCUT2D eigenvalue weighted by atomic mass is 9.85. The largest absolute Gasteiger partial charge is 0.481 e. The molecule has 28 heteroatoms. The van der Waals surface area contributed by atoms with Crippen LogP contribution in [0.25, 0.3) is 10.9 Å². The number of carbonyl (C=O) groups is 11. The summed E-state index contributed by atoms with van der Waals surface area (Å²) >= 11 is 0. The average Bonchev–Trinajstić information content (AvgIpc) is 4.07. The normalized spacial score (nSPS) is 23.5. The van der Waals surface area contributed by atoms with Gasteiger partial charge >= 0.3 is 5.97 Å². The molecule has 10 amide bonds. The summed E-state index contributed by atoms with van der Waals surface area (Å²) in [6, 6.07) is -2.39. The average molecular weight is 1130 g/mol. The highest BCUT2D eigenvalue weighted by Gasteiger charge is 2.42. The van der Waals surface area contributed by atoms with Gasteiger partial charge < -0.3 is 75.1 Å². The second-order valence-electron chi connectivity index (χ2n) is 20.0. The van der Waals surface area contributed by atoms with Gasteiger partial charge in [0.05, 0.1) is 13.0 Å². The number of nitrogens with zero attached hydrogens (tertiary/aromatic N) is 2. The maximum Gasteiger partial charge on any atom is 0.303 e. The van der Waals surface area contributed by atoms with E-state index in [-0.39, 0.29) is 56.9 Å². The van der Waals surface area contributed by atoms with Crippen molar-refractivity contribution in [3.8, 4) is 0 Å². The van der Waals surface area contributed by atoms with Crippen molar-refractivity contribution in [3.63, 3.8) is 0 Å². The Morgan fingerprint density at radius 3 is 2.23 bits per heavy atom. The number of hydrogen-bond donors (Lipinski definition) is 13. The zero-order chi connectivity index (χ0) is 57.1. The number of aliphatic imine (C=N–C) groups is 1. The van der Waals surface area contributed by atoms with E-state index in [2.05, 4.69) is 47.2 Å². The molecule has 3 heterocycles. The number of rotatable bonds is 19.